The highest BCUT2D eigenvalue weighted by molar-refractivity contribution is 4.98. The fourth-order valence-corrected chi connectivity index (χ4v) is 19.3. The first kappa shape index (κ1) is 63.0. The predicted molar refractivity (Wildman–Crippen MR) is 335 cm³/mol. The maximum absolute atomic E-state index is 3.58. The van der Waals surface area contributed by atoms with Crippen LogP contribution in [0.5, 0.6) is 0 Å². The average molecular weight is 1100 g/mol. The number of likely N-dealkylation sites (N-methyl/N-ethyl adjacent to an activating group) is 4. The summed E-state index contributed by atoms with van der Waals surface area (Å²) in [5.41, 5.74) is 0. The molecule has 18 aliphatic rings. The van der Waals surface area contributed by atoms with Crippen molar-refractivity contribution in [2.75, 3.05) is 135 Å². The molecule has 16 bridgehead atoms. The number of hydrogen-bond acceptors (Lipinski definition) is 13. The van der Waals surface area contributed by atoms with E-state index in [1.807, 2.05) is 0 Å². The van der Waals surface area contributed by atoms with Gasteiger partial charge in [0.2, 0.25) is 0 Å². The van der Waals surface area contributed by atoms with Crippen molar-refractivity contribution < 1.29 is 0 Å². The second kappa shape index (κ2) is 30.2. The Balaban J connectivity index is 0.000000108. The third-order valence-electron chi connectivity index (χ3n) is 24.6. The molecule has 2 aliphatic carbocycles. The van der Waals surface area contributed by atoms with Crippen LogP contribution in [-0.2, 0) is 0 Å². The van der Waals surface area contributed by atoms with E-state index in [2.05, 4.69) is 129 Å². The topological polar surface area (TPSA) is 77.3 Å². The summed E-state index contributed by atoms with van der Waals surface area (Å²) in [5.74, 6) is 3.23. The molecular weight excluding hydrogens is 975 g/mol. The molecule has 16 saturated heterocycles. The van der Waals surface area contributed by atoms with E-state index < -0.39 is 0 Å². The quantitative estimate of drug-likeness (QED) is 0.195. The number of nitrogens with zero attached hydrogens (tertiary/aromatic N) is 9. The molecule has 16 heterocycles. The zero-order chi connectivity index (χ0) is 54.3. The minimum atomic E-state index is 0. The Morgan fingerprint density at radius 2 is 0.633 bits per heavy atom. The predicted octanol–water partition coefficient (Wildman–Crippen LogP) is 7.41. The van der Waals surface area contributed by atoms with Gasteiger partial charge < -0.3 is 60.5 Å². The average Bonchev–Trinajstić information content (AvgIpc) is 4.26. The van der Waals surface area contributed by atoms with Crippen molar-refractivity contribution in [3.8, 4) is 0 Å². The molecule has 458 valence electrons. The second-order valence-electron chi connectivity index (χ2n) is 29.8. The van der Waals surface area contributed by atoms with Gasteiger partial charge in [0.1, 0.15) is 0 Å². The number of piperazine rings is 4. The maximum Gasteiger partial charge on any atom is 0.0233 e. The number of likely N-dealkylation sites (tertiary alicyclic amines) is 5. The van der Waals surface area contributed by atoms with Gasteiger partial charge >= 0.3 is 0 Å². The lowest BCUT2D eigenvalue weighted by Gasteiger charge is -2.43. The molecule has 10 unspecified atom stereocenters. The van der Waals surface area contributed by atoms with E-state index >= 15 is 0 Å². The minimum absolute atomic E-state index is 0. The molecule has 13 nitrogen and oxygen atoms in total. The number of rotatable bonds is 0. The van der Waals surface area contributed by atoms with Gasteiger partial charge in [0, 0.05) is 163 Å². The molecule has 13 heteroatoms. The van der Waals surface area contributed by atoms with Crippen molar-refractivity contribution in [1.82, 2.24) is 65.4 Å². The molecular formula is C66H129N13. The summed E-state index contributed by atoms with van der Waals surface area (Å²) in [5, 5.41) is 13.9. The van der Waals surface area contributed by atoms with Crippen molar-refractivity contribution in [3.05, 3.63) is 0 Å². The Bertz CT molecular complexity index is 1570. The van der Waals surface area contributed by atoms with Crippen LogP contribution in [0.25, 0.3) is 0 Å². The monoisotopic (exact) mass is 1100 g/mol. The number of hydrogen-bond donors (Lipinski definition) is 4. The van der Waals surface area contributed by atoms with E-state index in [1.54, 1.807) is 0 Å². The molecule has 0 spiro atoms. The minimum Gasteiger partial charge on any atom is -0.314 e. The lowest BCUT2D eigenvalue weighted by atomic mass is 9.85. The first-order valence-corrected chi connectivity index (χ1v) is 34.1. The Hall–Kier alpha value is -0.520. The Morgan fingerprint density at radius 1 is 0.278 bits per heavy atom. The largest absolute Gasteiger partial charge is 0.314 e. The van der Waals surface area contributed by atoms with Crippen LogP contribution in [-0.4, -0.2) is 270 Å². The molecule has 79 heavy (non-hydrogen) atoms. The van der Waals surface area contributed by atoms with Crippen molar-refractivity contribution in [2.45, 2.75) is 271 Å². The molecule has 4 N–H and O–H groups in total. The molecule has 18 rings (SSSR count). The van der Waals surface area contributed by atoms with Crippen LogP contribution >= 0.6 is 0 Å². The van der Waals surface area contributed by atoms with Gasteiger partial charge in [0.05, 0.1) is 0 Å². The first-order chi connectivity index (χ1) is 37.8. The smallest absolute Gasteiger partial charge is 0.0233 e. The van der Waals surface area contributed by atoms with Crippen LogP contribution in [0.1, 0.15) is 181 Å². The van der Waals surface area contributed by atoms with Gasteiger partial charge in [-0.2, -0.15) is 0 Å². The lowest BCUT2D eigenvalue weighted by Crippen LogP contribution is -2.49. The highest BCUT2D eigenvalue weighted by Gasteiger charge is 2.40. The molecule has 14 atom stereocenters. The fraction of sp³-hybridized carbons (Fsp3) is 1.00. The van der Waals surface area contributed by atoms with Gasteiger partial charge in [-0.05, 0) is 229 Å². The van der Waals surface area contributed by atoms with Gasteiger partial charge in [0.15, 0.2) is 0 Å². The molecule has 16 aliphatic heterocycles. The zero-order valence-corrected chi connectivity index (χ0v) is 52.3. The van der Waals surface area contributed by atoms with E-state index in [0.29, 0.717) is 0 Å². The summed E-state index contributed by atoms with van der Waals surface area (Å²) in [6, 6.07) is 13.4. The maximum atomic E-state index is 3.58. The number of fused-ring (bicyclic) bond motifs is 17. The number of piperidine rings is 4. The van der Waals surface area contributed by atoms with E-state index in [0.717, 1.165) is 108 Å². The van der Waals surface area contributed by atoms with Crippen molar-refractivity contribution >= 4 is 0 Å². The Kier molecular flexibility index (Phi) is 24.1. The van der Waals surface area contributed by atoms with E-state index in [9.17, 15) is 0 Å². The van der Waals surface area contributed by atoms with Crippen LogP contribution in [0.15, 0.2) is 0 Å². The molecule has 0 radical (unpaired) electrons. The highest BCUT2D eigenvalue weighted by Crippen LogP contribution is 2.39. The van der Waals surface area contributed by atoms with Crippen LogP contribution in [0.2, 0.25) is 0 Å². The Morgan fingerprint density at radius 3 is 0.924 bits per heavy atom. The van der Waals surface area contributed by atoms with Gasteiger partial charge in [-0.25, -0.2) is 0 Å². The third kappa shape index (κ3) is 16.9. The van der Waals surface area contributed by atoms with E-state index in [-0.39, 0.29) is 7.43 Å². The fourth-order valence-electron chi connectivity index (χ4n) is 19.3. The van der Waals surface area contributed by atoms with Crippen molar-refractivity contribution in [1.29, 1.82) is 0 Å². The van der Waals surface area contributed by atoms with Crippen LogP contribution in [0.3, 0.4) is 0 Å². The molecule has 0 aromatic rings. The SMILES string of the molecule is C.CN1C2CCC1CC2.CN1C2CCC1CNC2.CN1C2CCCC1CC2.CN1C2CCCC1CCC2.CN1CC2CCC(C1)N2.CN1CC2CCC1C2.CN1CC2CCCC2C1.CN1C[C@@H]2C[C@H]1CN2.CN1C[C@H]2C[C@@H]1CN2. The van der Waals surface area contributed by atoms with Crippen LogP contribution in [0, 0.1) is 17.8 Å². The zero-order valence-electron chi connectivity index (χ0n) is 52.3. The molecule has 2 saturated carbocycles. The summed E-state index contributed by atoms with van der Waals surface area (Å²) >= 11 is 0. The van der Waals surface area contributed by atoms with Gasteiger partial charge in [0.25, 0.3) is 0 Å². The normalized spacial score (nSPS) is 43.9. The molecule has 0 amide bonds. The van der Waals surface area contributed by atoms with Gasteiger partial charge in [-0.15, -0.1) is 0 Å². The molecule has 0 aromatic heterocycles. The summed E-state index contributed by atoms with van der Waals surface area (Å²) < 4.78 is 0. The van der Waals surface area contributed by atoms with Crippen molar-refractivity contribution in [3.63, 3.8) is 0 Å². The first-order valence-electron chi connectivity index (χ1n) is 34.1. The standard InChI is InChI=1S/C9H17N.2C8H15N.2C7H14N2.2C7H13N.2C6H12N2.CH4/c1-10-8-4-2-5-9(10)7-3-6-8;1-9-5-7-3-2-4-8(7)6-9;1-9-7-3-2-4-8(9)6-5-7;1-9-4-6-2-3-7(5-9)8-6;1-9-6-2-3-7(9)5-8-4-6;1-8-5-6-2-3-7(8)4-6;1-8-6-2-3-7(8)5-4-6;2*1-8-4-5-2-6(8)3-7-5;/h8-9H,2-7H2,1H3;2*7-8H,2-6H2,1H3;2*6-8H,2-5H2,1H3;2*6-7H,2-5H2,1H3;2*5-7H,2-4H2,1H3;1H4/t;;;;;;;2*5-,6-;/m.......10./s1. The third-order valence-corrected chi connectivity index (χ3v) is 24.6. The van der Waals surface area contributed by atoms with Crippen molar-refractivity contribution in [2.24, 2.45) is 17.8 Å². The van der Waals surface area contributed by atoms with Crippen LogP contribution < -0.4 is 21.3 Å². The van der Waals surface area contributed by atoms with Gasteiger partial charge in [-0.1, -0.05) is 33.1 Å². The summed E-state index contributed by atoms with van der Waals surface area (Å²) in [4.78, 5) is 22.6. The highest BCUT2D eigenvalue weighted by atomic mass is 15.3. The lowest BCUT2D eigenvalue weighted by molar-refractivity contribution is 0.0673. The molecule has 18 fully saturated rings. The van der Waals surface area contributed by atoms with E-state index in [1.165, 1.54) is 245 Å². The van der Waals surface area contributed by atoms with Gasteiger partial charge in [-0.3, -0.25) is 4.90 Å². The van der Waals surface area contributed by atoms with E-state index in [4.69, 9.17) is 0 Å². The Labute approximate surface area is 487 Å². The summed E-state index contributed by atoms with van der Waals surface area (Å²) in [7, 11) is 20.3. The second-order valence-corrected chi connectivity index (χ2v) is 29.8. The van der Waals surface area contributed by atoms with Crippen LogP contribution in [0.4, 0.5) is 0 Å². The molecule has 0 aromatic carbocycles. The number of nitrogens with one attached hydrogen (secondary N) is 4. The summed E-state index contributed by atoms with van der Waals surface area (Å²) in [6.45, 7) is 14.1. The summed E-state index contributed by atoms with van der Waals surface area (Å²) in [6.07, 6.45) is 39.5.